The van der Waals surface area contributed by atoms with Crippen molar-refractivity contribution in [3.8, 4) is 11.1 Å². The summed E-state index contributed by atoms with van der Waals surface area (Å²) in [6.45, 7) is 0. The van der Waals surface area contributed by atoms with Gasteiger partial charge >= 0.3 is 0 Å². The molecule has 0 fully saturated rings. The number of aromatic nitrogens is 3. The van der Waals surface area contributed by atoms with Crippen molar-refractivity contribution in [3.63, 3.8) is 0 Å². The van der Waals surface area contributed by atoms with E-state index in [1.807, 2.05) is 37.6 Å². The first-order valence-electron chi connectivity index (χ1n) is 5.27. The zero-order chi connectivity index (χ0) is 11.8. The topological polar surface area (TPSA) is 30.7 Å². The summed E-state index contributed by atoms with van der Waals surface area (Å²) in [5.41, 5.74) is 3.08. The first-order valence-corrected chi connectivity index (χ1v) is 5.65. The zero-order valence-corrected chi connectivity index (χ0v) is 10.0. The summed E-state index contributed by atoms with van der Waals surface area (Å²) >= 11 is 6.10. The molecule has 84 valence electrons. The molecule has 3 nitrogen and oxygen atoms in total. The lowest BCUT2D eigenvalue weighted by Gasteiger charge is -2.02. The van der Waals surface area contributed by atoms with Gasteiger partial charge in [-0.2, -0.15) is 5.10 Å². The molecular formula is C13H10ClN3. The second kappa shape index (κ2) is 3.86. The molecule has 0 radical (unpaired) electrons. The number of fused-ring (bicyclic) bond motifs is 1. The molecule has 0 N–H and O–H groups in total. The molecule has 0 atom stereocenters. The Labute approximate surface area is 104 Å². The van der Waals surface area contributed by atoms with Gasteiger partial charge in [0.15, 0.2) is 0 Å². The van der Waals surface area contributed by atoms with Gasteiger partial charge in [-0.15, -0.1) is 0 Å². The Morgan fingerprint density at radius 1 is 1.18 bits per heavy atom. The molecule has 2 aromatic heterocycles. The number of hydrogen-bond acceptors (Lipinski definition) is 2. The molecule has 0 unspecified atom stereocenters. The molecule has 3 rings (SSSR count). The van der Waals surface area contributed by atoms with Gasteiger partial charge in [0, 0.05) is 30.4 Å². The Morgan fingerprint density at radius 3 is 2.82 bits per heavy atom. The molecule has 0 aliphatic rings. The third-order valence-electron chi connectivity index (χ3n) is 2.73. The summed E-state index contributed by atoms with van der Waals surface area (Å²) in [6, 6.07) is 7.85. The molecule has 17 heavy (non-hydrogen) atoms. The summed E-state index contributed by atoms with van der Waals surface area (Å²) in [5.74, 6) is 0. The van der Waals surface area contributed by atoms with E-state index < -0.39 is 0 Å². The Morgan fingerprint density at radius 2 is 2.06 bits per heavy atom. The van der Waals surface area contributed by atoms with Gasteiger partial charge in [0.25, 0.3) is 0 Å². The van der Waals surface area contributed by atoms with Crippen LogP contribution in [0.25, 0.3) is 22.0 Å². The predicted molar refractivity (Wildman–Crippen MR) is 69.0 cm³/mol. The monoisotopic (exact) mass is 243 g/mol. The molecule has 0 amide bonds. The maximum absolute atomic E-state index is 6.10. The highest BCUT2D eigenvalue weighted by Crippen LogP contribution is 2.26. The van der Waals surface area contributed by atoms with E-state index in [1.165, 1.54) is 0 Å². The Bertz CT molecular complexity index is 688. The second-order valence-corrected chi connectivity index (χ2v) is 4.33. The van der Waals surface area contributed by atoms with Crippen LogP contribution in [0.4, 0.5) is 0 Å². The molecule has 3 aromatic rings. The average molecular weight is 244 g/mol. The van der Waals surface area contributed by atoms with E-state index in [9.17, 15) is 0 Å². The summed E-state index contributed by atoms with van der Waals surface area (Å²) in [6.07, 6.45) is 5.54. The summed E-state index contributed by atoms with van der Waals surface area (Å²) in [4.78, 5) is 4.32. The van der Waals surface area contributed by atoms with E-state index in [1.54, 1.807) is 16.9 Å². The van der Waals surface area contributed by atoms with Gasteiger partial charge in [-0.3, -0.25) is 9.67 Å². The van der Waals surface area contributed by atoms with Crippen molar-refractivity contribution >= 4 is 22.5 Å². The highest BCUT2D eigenvalue weighted by atomic mass is 35.5. The van der Waals surface area contributed by atoms with Gasteiger partial charge < -0.3 is 0 Å². The molecular weight excluding hydrogens is 234 g/mol. The number of hydrogen-bond donors (Lipinski definition) is 0. The minimum atomic E-state index is 0.729. The minimum Gasteiger partial charge on any atom is -0.275 e. The average Bonchev–Trinajstić information content (AvgIpc) is 2.76. The molecule has 2 heterocycles. The predicted octanol–water partition coefficient (Wildman–Crippen LogP) is 3.29. The maximum atomic E-state index is 6.10. The highest BCUT2D eigenvalue weighted by Gasteiger charge is 2.04. The molecule has 0 saturated carbocycles. The van der Waals surface area contributed by atoms with Gasteiger partial charge in [0.1, 0.15) is 0 Å². The molecule has 0 aliphatic carbocycles. The van der Waals surface area contributed by atoms with Crippen LogP contribution in [0.3, 0.4) is 0 Å². The van der Waals surface area contributed by atoms with Gasteiger partial charge in [0.2, 0.25) is 0 Å². The second-order valence-electron chi connectivity index (χ2n) is 3.93. The molecule has 0 saturated heterocycles. The van der Waals surface area contributed by atoms with Crippen molar-refractivity contribution in [1.29, 1.82) is 0 Å². The van der Waals surface area contributed by atoms with Crippen molar-refractivity contribution in [2.75, 3.05) is 0 Å². The van der Waals surface area contributed by atoms with Gasteiger partial charge in [0.05, 0.1) is 16.7 Å². The van der Waals surface area contributed by atoms with Crippen LogP contribution in [0.5, 0.6) is 0 Å². The van der Waals surface area contributed by atoms with Crippen LogP contribution in [-0.2, 0) is 7.05 Å². The van der Waals surface area contributed by atoms with Crippen LogP contribution in [0.2, 0.25) is 5.02 Å². The number of halogens is 1. The van der Waals surface area contributed by atoms with E-state index in [0.29, 0.717) is 0 Å². The number of pyridine rings is 1. The maximum Gasteiger partial charge on any atom is 0.0723 e. The summed E-state index contributed by atoms with van der Waals surface area (Å²) in [7, 11) is 1.90. The molecule has 1 aromatic carbocycles. The van der Waals surface area contributed by atoms with Crippen LogP contribution in [0, 0.1) is 0 Å². The fraction of sp³-hybridized carbons (Fsp3) is 0.0769. The van der Waals surface area contributed by atoms with Crippen LogP contribution < -0.4 is 0 Å². The van der Waals surface area contributed by atoms with Crippen LogP contribution in [-0.4, -0.2) is 14.8 Å². The summed E-state index contributed by atoms with van der Waals surface area (Å²) in [5, 5.41) is 5.86. The highest BCUT2D eigenvalue weighted by molar-refractivity contribution is 6.35. The molecule has 0 aliphatic heterocycles. The molecule has 0 spiro atoms. The standard InChI is InChI=1S/C13H10ClN3/c1-17-8-10(7-16-17)9-2-3-11-12(14)4-5-15-13(11)6-9/h2-8H,1H3. The SMILES string of the molecule is Cn1cc(-c2ccc3c(Cl)ccnc3c2)cn1. The van der Waals surface area contributed by atoms with Crippen LogP contribution in [0.15, 0.2) is 42.9 Å². The first kappa shape index (κ1) is 10.3. The number of nitrogens with zero attached hydrogens (tertiary/aromatic N) is 3. The fourth-order valence-corrected chi connectivity index (χ4v) is 2.08. The van der Waals surface area contributed by atoms with Gasteiger partial charge in [-0.1, -0.05) is 23.7 Å². The number of aryl methyl sites for hydroxylation is 1. The fourth-order valence-electron chi connectivity index (χ4n) is 1.86. The van der Waals surface area contributed by atoms with Gasteiger partial charge in [-0.25, -0.2) is 0 Å². The van der Waals surface area contributed by atoms with E-state index in [0.717, 1.165) is 27.1 Å². The van der Waals surface area contributed by atoms with Crippen molar-refractivity contribution in [1.82, 2.24) is 14.8 Å². The minimum absolute atomic E-state index is 0.729. The normalized spacial score (nSPS) is 10.9. The van der Waals surface area contributed by atoms with Crippen molar-refractivity contribution in [2.24, 2.45) is 7.05 Å². The lowest BCUT2D eigenvalue weighted by molar-refractivity contribution is 0.768. The Kier molecular flexibility index (Phi) is 2.34. The largest absolute Gasteiger partial charge is 0.275 e. The summed E-state index contributed by atoms with van der Waals surface area (Å²) < 4.78 is 1.78. The number of rotatable bonds is 1. The Hall–Kier alpha value is -1.87. The van der Waals surface area contributed by atoms with Crippen molar-refractivity contribution < 1.29 is 0 Å². The van der Waals surface area contributed by atoms with Crippen LogP contribution >= 0.6 is 11.6 Å². The van der Waals surface area contributed by atoms with E-state index in [-0.39, 0.29) is 0 Å². The third-order valence-corrected chi connectivity index (χ3v) is 3.06. The van der Waals surface area contributed by atoms with E-state index >= 15 is 0 Å². The molecule has 4 heteroatoms. The van der Waals surface area contributed by atoms with Crippen molar-refractivity contribution in [3.05, 3.63) is 47.9 Å². The zero-order valence-electron chi connectivity index (χ0n) is 9.26. The quantitative estimate of drug-likeness (QED) is 0.657. The van der Waals surface area contributed by atoms with Gasteiger partial charge in [-0.05, 0) is 17.7 Å². The third kappa shape index (κ3) is 1.78. The van der Waals surface area contributed by atoms with Crippen molar-refractivity contribution in [2.45, 2.75) is 0 Å². The number of benzene rings is 1. The lowest BCUT2D eigenvalue weighted by Crippen LogP contribution is -1.84. The Balaban J connectivity index is 2.20. The van der Waals surface area contributed by atoms with E-state index in [2.05, 4.69) is 10.1 Å². The molecule has 0 bridgehead atoms. The smallest absolute Gasteiger partial charge is 0.0723 e. The van der Waals surface area contributed by atoms with E-state index in [4.69, 9.17) is 11.6 Å². The first-order chi connectivity index (χ1) is 8.24. The lowest BCUT2D eigenvalue weighted by atomic mass is 10.1. The van der Waals surface area contributed by atoms with Crippen LogP contribution in [0.1, 0.15) is 0 Å².